The topological polar surface area (TPSA) is 102 Å². The van der Waals surface area contributed by atoms with Crippen LogP contribution in [0, 0.1) is 5.82 Å². The van der Waals surface area contributed by atoms with E-state index in [2.05, 4.69) is 9.97 Å². The maximum atomic E-state index is 13.6. The molecular weight excluding hydrogens is 401 g/mol. The van der Waals surface area contributed by atoms with E-state index in [1.165, 1.54) is 42.9 Å². The molecule has 1 aromatic carbocycles. The number of rotatable bonds is 5. The van der Waals surface area contributed by atoms with E-state index in [1.54, 1.807) is 0 Å². The van der Waals surface area contributed by atoms with Gasteiger partial charge in [0, 0.05) is 18.3 Å². The fourth-order valence-electron chi connectivity index (χ4n) is 4.47. The summed E-state index contributed by atoms with van der Waals surface area (Å²) in [5.41, 5.74) is -0.933. The Morgan fingerprint density at radius 3 is 2.48 bits per heavy atom. The number of aromatic nitrogens is 2. The molecule has 3 heterocycles. The van der Waals surface area contributed by atoms with Crippen molar-refractivity contribution in [3.63, 3.8) is 0 Å². The predicted octanol–water partition coefficient (Wildman–Crippen LogP) is 1.84. The monoisotopic (exact) mass is 423 g/mol. The van der Waals surface area contributed by atoms with Crippen LogP contribution < -0.4 is 9.47 Å². The first kappa shape index (κ1) is 20.0. The largest absolute Gasteiger partial charge is 0.481 e. The highest BCUT2D eigenvalue weighted by Crippen LogP contribution is 2.49. The molecule has 10 heteroatoms. The molecule has 2 aliphatic rings. The number of benzene rings is 1. The summed E-state index contributed by atoms with van der Waals surface area (Å²) in [6.45, 7) is 0. The van der Waals surface area contributed by atoms with Gasteiger partial charge in [-0.1, -0.05) is 6.07 Å². The van der Waals surface area contributed by atoms with Crippen LogP contribution in [-0.4, -0.2) is 54.1 Å². The summed E-state index contributed by atoms with van der Waals surface area (Å²) >= 11 is 0. The lowest BCUT2D eigenvalue weighted by atomic mass is 9.82. The molecule has 2 fully saturated rings. The third-order valence-corrected chi connectivity index (χ3v) is 7.68. The summed E-state index contributed by atoms with van der Waals surface area (Å²) in [7, 11) is -1.01. The third-order valence-electron chi connectivity index (χ3n) is 5.68. The number of piperidine rings is 1. The molecule has 0 saturated carbocycles. The van der Waals surface area contributed by atoms with Gasteiger partial charge in [0.25, 0.3) is 0 Å². The van der Waals surface area contributed by atoms with Gasteiger partial charge in [0.2, 0.25) is 15.9 Å². The normalized spacial score (nSPS) is 27.0. The van der Waals surface area contributed by atoms with Crippen LogP contribution in [0.2, 0.25) is 0 Å². The minimum atomic E-state index is -3.88. The molecule has 2 atom stereocenters. The Hall–Kier alpha value is -2.30. The second-order valence-corrected chi connectivity index (χ2v) is 9.24. The fourth-order valence-corrected chi connectivity index (χ4v) is 6.37. The van der Waals surface area contributed by atoms with Crippen molar-refractivity contribution in [1.82, 2.24) is 14.3 Å². The number of sulfonamides is 1. The average molecular weight is 423 g/mol. The molecule has 4 rings (SSSR count). The van der Waals surface area contributed by atoms with Crippen LogP contribution >= 0.6 is 0 Å². The lowest BCUT2D eigenvalue weighted by Gasteiger charge is -2.43. The SMILES string of the molecule is COc1ncc(C2(O)CC3CCC(C2)N3S(=O)(=O)c2cccc(F)c2)c(OC)n1. The van der Waals surface area contributed by atoms with Gasteiger partial charge in [-0.2, -0.15) is 9.29 Å². The van der Waals surface area contributed by atoms with E-state index in [-0.39, 0.29) is 29.6 Å². The van der Waals surface area contributed by atoms with E-state index in [4.69, 9.17) is 9.47 Å². The van der Waals surface area contributed by atoms with Crippen LogP contribution in [-0.2, 0) is 15.6 Å². The zero-order chi connectivity index (χ0) is 20.8. The molecule has 1 N–H and O–H groups in total. The molecule has 0 spiro atoms. The molecule has 1 aromatic heterocycles. The number of ether oxygens (including phenoxy) is 2. The lowest BCUT2D eigenvalue weighted by molar-refractivity contribution is -0.0362. The molecule has 8 nitrogen and oxygen atoms in total. The second-order valence-electron chi connectivity index (χ2n) is 7.40. The van der Waals surface area contributed by atoms with Crippen molar-refractivity contribution in [3.05, 3.63) is 41.8 Å². The Labute approximate surface area is 168 Å². The summed E-state index contributed by atoms with van der Waals surface area (Å²) in [4.78, 5) is 8.13. The van der Waals surface area contributed by atoms with Gasteiger partial charge in [0.1, 0.15) is 5.82 Å². The summed E-state index contributed by atoms with van der Waals surface area (Å²) in [6.07, 6.45) is 3.02. The quantitative estimate of drug-likeness (QED) is 0.783. The molecule has 2 unspecified atom stereocenters. The molecular formula is C19H22FN3O5S. The van der Waals surface area contributed by atoms with Gasteiger partial charge in [-0.05, 0) is 43.9 Å². The van der Waals surface area contributed by atoms with Gasteiger partial charge < -0.3 is 14.6 Å². The minimum Gasteiger partial charge on any atom is -0.481 e. The Morgan fingerprint density at radius 2 is 1.90 bits per heavy atom. The van der Waals surface area contributed by atoms with Gasteiger partial charge in [0.15, 0.2) is 0 Å². The van der Waals surface area contributed by atoms with Gasteiger partial charge in [0.05, 0.1) is 30.3 Å². The van der Waals surface area contributed by atoms with Crippen molar-refractivity contribution in [2.75, 3.05) is 14.2 Å². The zero-order valence-electron chi connectivity index (χ0n) is 16.1. The number of aliphatic hydroxyl groups is 1. The van der Waals surface area contributed by atoms with Crippen LogP contribution in [0.5, 0.6) is 11.9 Å². The molecule has 2 bridgehead atoms. The van der Waals surface area contributed by atoms with Crippen LogP contribution in [0.1, 0.15) is 31.2 Å². The molecule has 2 saturated heterocycles. The molecule has 0 radical (unpaired) electrons. The highest BCUT2D eigenvalue weighted by atomic mass is 32.2. The van der Waals surface area contributed by atoms with Crippen molar-refractivity contribution >= 4 is 10.0 Å². The average Bonchev–Trinajstić information content (AvgIpc) is 3.00. The molecule has 0 aliphatic carbocycles. The first-order valence-electron chi connectivity index (χ1n) is 9.25. The summed E-state index contributed by atoms with van der Waals surface area (Å²) in [5.74, 6) is -0.410. The molecule has 0 amide bonds. The van der Waals surface area contributed by atoms with Gasteiger partial charge >= 0.3 is 6.01 Å². The Bertz CT molecular complexity index is 1020. The van der Waals surface area contributed by atoms with Crippen molar-refractivity contribution in [1.29, 1.82) is 0 Å². The molecule has 2 aliphatic heterocycles. The highest BCUT2D eigenvalue weighted by Gasteiger charge is 2.53. The van der Waals surface area contributed by atoms with Crippen LogP contribution in [0.3, 0.4) is 0 Å². The molecule has 29 heavy (non-hydrogen) atoms. The van der Waals surface area contributed by atoms with Crippen LogP contribution in [0.15, 0.2) is 35.4 Å². The van der Waals surface area contributed by atoms with E-state index in [1.807, 2.05) is 0 Å². The Kier molecular flexibility index (Phi) is 4.96. The van der Waals surface area contributed by atoms with Gasteiger partial charge in [-0.25, -0.2) is 17.8 Å². The van der Waals surface area contributed by atoms with E-state index in [0.717, 1.165) is 6.07 Å². The number of fused-ring (bicyclic) bond motifs is 2. The summed E-state index contributed by atoms with van der Waals surface area (Å²) in [5, 5.41) is 11.4. The smallest absolute Gasteiger partial charge is 0.319 e. The van der Waals surface area contributed by atoms with Crippen molar-refractivity contribution in [2.45, 2.75) is 48.3 Å². The van der Waals surface area contributed by atoms with Crippen molar-refractivity contribution < 1.29 is 27.4 Å². The second kappa shape index (κ2) is 7.19. The fraction of sp³-hybridized carbons (Fsp3) is 0.474. The maximum absolute atomic E-state index is 13.6. The summed E-state index contributed by atoms with van der Waals surface area (Å²) in [6, 6.07) is 4.28. The number of halogens is 1. The van der Waals surface area contributed by atoms with Gasteiger partial charge in [-0.15, -0.1) is 0 Å². The van der Waals surface area contributed by atoms with Gasteiger partial charge in [-0.3, -0.25) is 0 Å². The molecule has 2 aromatic rings. The number of hydrogen-bond acceptors (Lipinski definition) is 7. The van der Waals surface area contributed by atoms with Crippen molar-refractivity contribution in [3.8, 4) is 11.9 Å². The van der Waals surface area contributed by atoms with Crippen molar-refractivity contribution in [2.24, 2.45) is 0 Å². The lowest BCUT2D eigenvalue weighted by Crippen LogP contribution is -2.52. The first-order valence-corrected chi connectivity index (χ1v) is 10.7. The zero-order valence-corrected chi connectivity index (χ0v) is 16.9. The maximum Gasteiger partial charge on any atom is 0.319 e. The number of hydrogen-bond donors (Lipinski definition) is 1. The van der Waals surface area contributed by atoms with E-state index in [9.17, 15) is 17.9 Å². The highest BCUT2D eigenvalue weighted by molar-refractivity contribution is 7.89. The van der Waals surface area contributed by atoms with E-state index >= 15 is 0 Å². The van der Waals surface area contributed by atoms with Crippen LogP contribution in [0.4, 0.5) is 4.39 Å². The van der Waals surface area contributed by atoms with E-state index < -0.39 is 33.5 Å². The number of methoxy groups -OCH3 is 2. The minimum absolute atomic E-state index is 0.0785. The predicted molar refractivity (Wildman–Crippen MR) is 101 cm³/mol. The standard InChI is InChI=1S/C19H22FN3O5S/c1-27-17-16(11-21-18(22-17)28-2)19(24)9-13-6-7-14(10-19)23(13)29(25,26)15-5-3-4-12(20)8-15/h3-5,8,11,13-14,24H,6-7,9-10H2,1-2H3. The molecule has 156 valence electrons. The van der Waals surface area contributed by atoms with Crippen LogP contribution in [0.25, 0.3) is 0 Å². The Balaban J connectivity index is 1.67. The summed E-state index contributed by atoms with van der Waals surface area (Å²) < 4.78 is 51.7. The number of nitrogens with zero attached hydrogens (tertiary/aromatic N) is 3. The Morgan fingerprint density at radius 1 is 1.21 bits per heavy atom. The first-order chi connectivity index (χ1) is 13.8. The van der Waals surface area contributed by atoms with E-state index in [0.29, 0.717) is 18.4 Å². The third kappa shape index (κ3) is 3.34.